The summed E-state index contributed by atoms with van der Waals surface area (Å²) in [6, 6.07) is 4.14. The summed E-state index contributed by atoms with van der Waals surface area (Å²) in [6.07, 6.45) is 1.91. The second-order valence-corrected chi connectivity index (χ2v) is 6.95. The molecule has 1 aromatic heterocycles. The van der Waals surface area contributed by atoms with Gasteiger partial charge in [-0.15, -0.1) is 0 Å². The van der Waals surface area contributed by atoms with Gasteiger partial charge in [0.05, 0.1) is 5.69 Å². The topological polar surface area (TPSA) is 70.3 Å². The molecule has 26 heavy (non-hydrogen) atoms. The quantitative estimate of drug-likeness (QED) is 0.767. The molecule has 0 aliphatic heterocycles. The van der Waals surface area contributed by atoms with E-state index in [0.717, 1.165) is 59.0 Å². The summed E-state index contributed by atoms with van der Waals surface area (Å²) in [6.45, 7) is 11.4. The van der Waals surface area contributed by atoms with Crippen molar-refractivity contribution in [1.29, 1.82) is 0 Å². The van der Waals surface area contributed by atoms with E-state index >= 15 is 0 Å². The Morgan fingerprint density at radius 1 is 1.08 bits per heavy atom. The number of nitrogens with two attached hydrogens (primary N) is 1. The van der Waals surface area contributed by atoms with Crippen molar-refractivity contribution in [3.63, 3.8) is 0 Å². The van der Waals surface area contributed by atoms with E-state index in [0.29, 0.717) is 18.3 Å². The number of benzene rings is 1. The van der Waals surface area contributed by atoms with Crippen LogP contribution in [0.4, 0.5) is 0 Å². The molecule has 2 N–H and O–H groups in total. The molecule has 0 bridgehead atoms. The predicted octanol–water partition coefficient (Wildman–Crippen LogP) is 4.18. The van der Waals surface area contributed by atoms with E-state index < -0.39 is 0 Å². The van der Waals surface area contributed by atoms with Crippen molar-refractivity contribution in [1.82, 2.24) is 9.97 Å². The molecule has 0 saturated carbocycles. The summed E-state index contributed by atoms with van der Waals surface area (Å²) in [5, 5.41) is 0. The fourth-order valence-corrected chi connectivity index (χ4v) is 3.20. The van der Waals surface area contributed by atoms with Crippen molar-refractivity contribution in [3.05, 3.63) is 45.9 Å². The fourth-order valence-electron chi connectivity index (χ4n) is 3.20. The maximum Gasteiger partial charge on any atom is 0.225 e. The SMILES string of the molecule is CCC(COC)Cc1nc(C)nc(Oc2c(C)cc(CN)cc2C)c1C. The Morgan fingerprint density at radius 3 is 2.27 bits per heavy atom. The van der Waals surface area contributed by atoms with Crippen molar-refractivity contribution in [2.75, 3.05) is 13.7 Å². The number of aryl methyl sites for hydroxylation is 3. The smallest absolute Gasteiger partial charge is 0.225 e. The number of aromatic nitrogens is 2. The van der Waals surface area contributed by atoms with E-state index in [1.165, 1.54) is 0 Å². The fraction of sp³-hybridized carbons (Fsp3) is 0.524. The highest BCUT2D eigenvalue weighted by Crippen LogP contribution is 2.32. The molecule has 5 heteroatoms. The Balaban J connectivity index is 2.36. The zero-order valence-electron chi connectivity index (χ0n) is 16.8. The van der Waals surface area contributed by atoms with Crippen LogP contribution in [-0.4, -0.2) is 23.7 Å². The van der Waals surface area contributed by atoms with E-state index in [-0.39, 0.29) is 0 Å². The Bertz CT molecular complexity index is 736. The van der Waals surface area contributed by atoms with Gasteiger partial charge in [0, 0.05) is 25.8 Å². The van der Waals surface area contributed by atoms with E-state index in [4.69, 9.17) is 15.2 Å². The average Bonchev–Trinajstić information content (AvgIpc) is 2.60. The van der Waals surface area contributed by atoms with Crippen LogP contribution in [-0.2, 0) is 17.7 Å². The van der Waals surface area contributed by atoms with Gasteiger partial charge in [0.1, 0.15) is 11.6 Å². The number of rotatable bonds is 8. The Morgan fingerprint density at radius 2 is 1.73 bits per heavy atom. The first-order chi connectivity index (χ1) is 12.4. The van der Waals surface area contributed by atoms with Crippen LogP contribution in [0.2, 0.25) is 0 Å². The van der Waals surface area contributed by atoms with E-state index in [9.17, 15) is 0 Å². The Kier molecular flexibility index (Phi) is 7.12. The van der Waals surface area contributed by atoms with E-state index in [2.05, 4.69) is 29.0 Å². The maximum absolute atomic E-state index is 6.24. The summed E-state index contributed by atoms with van der Waals surface area (Å²) in [7, 11) is 1.74. The first-order valence-electron chi connectivity index (χ1n) is 9.20. The van der Waals surface area contributed by atoms with Crippen LogP contribution in [0.5, 0.6) is 11.6 Å². The molecule has 0 aliphatic rings. The number of ether oxygens (including phenoxy) is 2. The summed E-state index contributed by atoms with van der Waals surface area (Å²) < 4.78 is 11.6. The van der Waals surface area contributed by atoms with Gasteiger partial charge < -0.3 is 15.2 Å². The molecular formula is C21H31N3O2. The molecule has 1 heterocycles. The molecule has 1 aromatic carbocycles. The second-order valence-electron chi connectivity index (χ2n) is 6.95. The first-order valence-corrected chi connectivity index (χ1v) is 9.20. The van der Waals surface area contributed by atoms with Crippen LogP contribution < -0.4 is 10.5 Å². The zero-order valence-corrected chi connectivity index (χ0v) is 16.8. The Hall–Kier alpha value is -1.98. The van der Waals surface area contributed by atoms with Crippen LogP contribution in [0.15, 0.2) is 12.1 Å². The van der Waals surface area contributed by atoms with Gasteiger partial charge in [-0.05, 0) is 56.7 Å². The highest BCUT2D eigenvalue weighted by atomic mass is 16.5. The van der Waals surface area contributed by atoms with Crippen molar-refractivity contribution >= 4 is 0 Å². The van der Waals surface area contributed by atoms with Crippen LogP contribution >= 0.6 is 0 Å². The molecule has 142 valence electrons. The molecule has 1 atom stereocenters. The highest BCUT2D eigenvalue weighted by Gasteiger charge is 2.17. The van der Waals surface area contributed by atoms with Crippen molar-refractivity contribution in [3.8, 4) is 11.6 Å². The van der Waals surface area contributed by atoms with Gasteiger partial charge in [0.2, 0.25) is 5.88 Å². The third-order valence-corrected chi connectivity index (χ3v) is 4.73. The lowest BCUT2D eigenvalue weighted by molar-refractivity contribution is 0.149. The average molecular weight is 357 g/mol. The minimum absolute atomic E-state index is 0.438. The number of hydrogen-bond acceptors (Lipinski definition) is 5. The molecular weight excluding hydrogens is 326 g/mol. The standard InChI is InChI=1S/C21H31N3O2/c1-7-17(12-25-6)10-19-15(4)21(24-16(5)23-19)26-20-13(2)8-18(11-22)9-14(20)3/h8-9,17H,7,10-12,22H2,1-6H3. The number of methoxy groups -OCH3 is 1. The minimum Gasteiger partial charge on any atom is -0.438 e. The molecule has 0 amide bonds. The van der Waals surface area contributed by atoms with Gasteiger partial charge in [0.25, 0.3) is 0 Å². The molecule has 0 fully saturated rings. The number of nitrogens with zero attached hydrogens (tertiary/aromatic N) is 2. The normalized spacial score (nSPS) is 12.3. The van der Waals surface area contributed by atoms with Crippen LogP contribution in [0.1, 0.15) is 47.1 Å². The molecule has 2 rings (SSSR count). The third-order valence-electron chi connectivity index (χ3n) is 4.73. The van der Waals surface area contributed by atoms with Gasteiger partial charge in [-0.1, -0.05) is 25.5 Å². The molecule has 1 unspecified atom stereocenters. The van der Waals surface area contributed by atoms with Crippen LogP contribution in [0.25, 0.3) is 0 Å². The minimum atomic E-state index is 0.438. The second kappa shape index (κ2) is 9.10. The monoisotopic (exact) mass is 357 g/mol. The van der Waals surface area contributed by atoms with Crippen LogP contribution in [0, 0.1) is 33.6 Å². The lowest BCUT2D eigenvalue weighted by Crippen LogP contribution is -2.14. The van der Waals surface area contributed by atoms with Gasteiger partial charge in [-0.3, -0.25) is 0 Å². The first kappa shape index (κ1) is 20.3. The van der Waals surface area contributed by atoms with Gasteiger partial charge >= 0.3 is 0 Å². The van der Waals surface area contributed by atoms with E-state index in [1.54, 1.807) is 7.11 Å². The molecule has 2 aromatic rings. The largest absolute Gasteiger partial charge is 0.438 e. The zero-order chi connectivity index (χ0) is 19.3. The lowest BCUT2D eigenvalue weighted by Gasteiger charge is -2.18. The summed E-state index contributed by atoms with van der Waals surface area (Å²) >= 11 is 0. The highest BCUT2D eigenvalue weighted by molar-refractivity contribution is 5.46. The molecule has 0 spiro atoms. The third kappa shape index (κ3) is 4.80. The van der Waals surface area contributed by atoms with Gasteiger partial charge in [-0.25, -0.2) is 4.98 Å². The van der Waals surface area contributed by atoms with Gasteiger partial charge in [-0.2, -0.15) is 4.98 Å². The van der Waals surface area contributed by atoms with Crippen molar-refractivity contribution in [2.45, 2.75) is 54.0 Å². The van der Waals surface area contributed by atoms with Gasteiger partial charge in [0.15, 0.2) is 0 Å². The molecule has 5 nitrogen and oxygen atoms in total. The maximum atomic E-state index is 6.24. The van der Waals surface area contributed by atoms with Crippen molar-refractivity contribution in [2.24, 2.45) is 11.7 Å². The summed E-state index contributed by atoms with van der Waals surface area (Å²) in [5.74, 6) is 2.64. The lowest BCUT2D eigenvalue weighted by atomic mass is 9.99. The molecule has 0 saturated heterocycles. The van der Waals surface area contributed by atoms with Crippen molar-refractivity contribution < 1.29 is 9.47 Å². The summed E-state index contributed by atoms with van der Waals surface area (Å²) in [4.78, 5) is 9.20. The number of hydrogen-bond donors (Lipinski definition) is 1. The molecule has 0 aliphatic carbocycles. The molecule has 0 radical (unpaired) electrons. The predicted molar refractivity (Wildman–Crippen MR) is 105 cm³/mol. The Labute approximate surface area is 157 Å². The van der Waals surface area contributed by atoms with E-state index in [1.807, 2.05) is 27.7 Å². The summed E-state index contributed by atoms with van der Waals surface area (Å²) in [5.41, 5.74) is 11.0. The van der Waals surface area contributed by atoms with Crippen LogP contribution in [0.3, 0.4) is 0 Å².